The van der Waals surface area contributed by atoms with Crippen molar-refractivity contribution in [3.63, 3.8) is 0 Å². The minimum absolute atomic E-state index is 0.267. The standard InChI is InChI=1S/C40H50ClN9O7S/c1-49(58(3,53)54)34-8-5-4-7-32(34)45-38-31(41)26-44-40(48-38)46-33-14-9-28(25-36(33)55-2)50-22-17-27(18-23-50)43-21-20-42-19-6-24-56-29-10-12-30(13-11-29)57-35-15-16-37(51)47-39(35)52/h4-5,7-14,25-27,35,42-43H,6,15-24H2,1-3H3,(H,47,51,52)(H2,44,45,46,48). The third kappa shape index (κ3) is 11.6. The molecule has 0 spiro atoms. The Morgan fingerprint density at radius 2 is 1.71 bits per heavy atom. The molecule has 2 aliphatic rings. The Labute approximate surface area is 344 Å². The van der Waals surface area contributed by atoms with Gasteiger partial charge in [-0.15, -0.1) is 0 Å². The van der Waals surface area contributed by atoms with Crippen LogP contribution in [-0.2, 0) is 19.6 Å². The number of halogens is 1. The second-order valence-electron chi connectivity index (χ2n) is 14.0. The second kappa shape index (κ2) is 19.9. The van der Waals surface area contributed by atoms with Crippen LogP contribution in [0.25, 0.3) is 0 Å². The van der Waals surface area contributed by atoms with E-state index in [-0.39, 0.29) is 23.3 Å². The number of rotatable bonds is 19. The number of hydrogen-bond acceptors (Lipinski definition) is 14. The number of methoxy groups -OCH3 is 1. The average molecular weight is 836 g/mol. The van der Waals surface area contributed by atoms with Gasteiger partial charge < -0.3 is 40.4 Å². The Bertz CT molecular complexity index is 2140. The molecular formula is C40H50ClN9O7S. The highest BCUT2D eigenvalue weighted by molar-refractivity contribution is 7.92. The molecule has 58 heavy (non-hydrogen) atoms. The van der Waals surface area contributed by atoms with Crippen molar-refractivity contribution in [3.8, 4) is 17.2 Å². The van der Waals surface area contributed by atoms with E-state index in [4.69, 9.17) is 25.8 Å². The molecule has 4 aromatic rings. The van der Waals surface area contributed by atoms with E-state index in [0.29, 0.717) is 53.4 Å². The first-order valence-electron chi connectivity index (χ1n) is 19.2. The fraction of sp³-hybridized carbons (Fsp3) is 0.400. The summed E-state index contributed by atoms with van der Waals surface area (Å²) < 4.78 is 42.9. The predicted molar refractivity (Wildman–Crippen MR) is 226 cm³/mol. The Kier molecular flexibility index (Phi) is 14.5. The molecule has 2 aliphatic heterocycles. The number of benzene rings is 3. The van der Waals surface area contributed by atoms with Crippen LogP contribution in [0, 0.1) is 0 Å². The van der Waals surface area contributed by atoms with Gasteiger partial charge in [-0.25, -0.2) is 13.4 Å². The summed E-state index contributed by atoms with van der Waals surface area (Å²) in [6.07, 6.45) is 5.50. The number of aromatic nitrogens is 2. The van der Waals surface area contributed by atoms with Crippen LogP contribution in [-0.4, -0.2) is 102 Å². The molecule has 0 aliphatic carbocycles. The zero-order chi connectivity index (χ0) is 41.1. The maximum Gasteiger partial charge on any atom is 0.267 e. The zero-order valence-corrected chi connectivity index (χ0v) is 34.4. The molecule has 2 amide bonds. The maximum atomic E-state index is 12.2. The summed E-state index contributed by atoms with van der Waals surface area (Å²) in [5.74, 6) is 1.85. The normalized spacial score (nSPS) is 16.1. The van der Waals surface area contributed by atoms with Gasteiger partial charge in [-0.05, 0) is 74.3 Å². The lowest BCUT2D eigenvalue weighted by Crippen LogP contribution is -2.46. The molecule has 3 aromatic carbocycles. The average Bonchev–Trinajstić information content (AvgIpc) is 3.21. The van der Waals surface area contributed by atoms with Crippen molar-refractivity contribution in [3.05, 3.63) is 77.9 Å². The quantitative estimate of drug-likeness (QED) is 0.0639. The van der Waals surface area contributed by atoms with Crippen molar-refractivity contribution in [2.75, 3.05) is 79.6 Å². The summed E-state index contributed by atoms with van der Waals surface area (Å²) in [5, 5.41) is 16.1. The van der Waals surface area contributed by atoms with Crippen molar-refractivity contribution in [1.82, 2.24) is 25.9 Å². The van der Waals surface area contributed by atoms with Gasteiger partial charge in [0, 0.05) is 63.9 Å². The van der Waals surface area contributed by atoms with Crippen LogP contribution in [0.3, 0.4) is 0 Å². The van der Waals surface area contributed by atoms with Crippen LogP contribution in [0.5, 0.6) is 17.2 Å². The summed E-state index contributed by atoms with van der Waals surface area (Å²) in [5.41, 5.74) is 2.70. The summed E-state index contributed by atoms with van der Waals surface area (Å²) in [4.78, 5) is 34.5. The highest BCUT2D eigenvalue weighted by atomic mass is 35.5. The van der Waals surface area contributed by atoms with Gasteiger partial charge in [-0.3, -0.25) is 19.2 Å². The molecule has 0 radical (unpaired) electrons. The minimum Gasteiger partial charge on any atom is -0.494 e. The Hall–Kier alpha value is -5.36. The van der Waals surface area contributed by atoms with Crippen LogP contribution in [0.4, 0.5) is 34.5 Å². The summed E-state index contributed by atoms with van der Waals surface area (Å²) >= 11 is 6.45. The lowest BCUT2D eigenvalue weighted by Gasteiger charge is -2.34. The van der Waals surface area contributed by atoms with E-state index in [1.807, 2.05) is 30.3 Å². The third-order valence-electron chi connectivity index (χ3n) is 9.82. The van der Waals surface area contributed by atoms with Gasteiger partial charge in [-0.2, -0.15) is 4.98 Å². The van der Waals surface area contributed by atoms with Crippen molar-refractivity contribution in [2.45, 2.75) is 44.2 Å². The van der Waals surface area contributed by atoms with Crippen LogP contribution < -0.4 is 50.0 Å². The van der Waals surface area contributed by atoms with Gasteiger partial charge in [0.1, 0.15) is 22.3 Å². The number of carbonyl (C=O) groups is 2. The molecule has 3 heterocycles. The van der Waals surface area contributed by atoms with E-state index in [1.165, 1.54) is 17.5 Å². The van der Waals surface area contributed by atoms with Crippen LogP contribution in [0.15, 0.2) is 72.9 Å². The fourth-order valence-electron chi connectivity index (χ4n) is 6.56. The van der Waals surface area contributed by atoms with E-state index >= 15 is 0 Å². The number of nitrogens with zero attached hydrogens (tertiary/aromatic N) is 4. The van der Waals surface area contributed by atoms with E-state index in [9.17, 15) is 18.0 Å². The molecule has 5 N–H and O–H groups in total. The highest BCUT2D eigenvalue weighted by Crippen LogP contribution is 2.35. The molecule has 1 unspecified atom stereocenters. The Morgan fingerprint density at radius 1 is 0.948 bits per heavy atom. The molecular weight excluding hydrogens is 786 g/mol. The Balaban J connectivity index is 0.890. The number of nitrogens with one attached hydrogen (secondary N) is 5. The van der Waals surface area contributed by atoms with Crippen molar-refractivity contribution in [1.29, 1.82) is 0 Å². The van der Waals surface area contributed by atoms with Gasteiger partial charge in [-0.1, -0.05) is 23.7 Å². The van der Waals surface area contributed by atoms with Crippen LogP contribution >= 0.6 is 11.6 Å². The topological polar surface area (TPSA) is 188 Å². The fourth-order valence-corrected chi connectivity index (χ4v) is 7.21. The van der Waals surface area contributed by atoms with Gasteiger partial charge in [0.05, 0.1) is 43.2 Å². The number of sulfonamides is 1. The molecule has 16 nitrogen and oxygen atoms in total. The lowest BCUT2D eigenvalue weighted by atomic mass is 10.0. The monoisotopic (exact) mass is 835 g/mol. The number of imide groups is 1. The molecule has 0 bridgehead atoms. The number of anilines is 6. The lowest BCUT2D eigenvalue weighted by molar-refractivity contribution is -0.138. The number of amides is 2. The molecule has 0 saturated carbocycles. The number of ether oxygens (including phenoxy) is 3. The van der Waals surface area contributed by atoms with Crippen LogP contribution in [0.2, 0.25) is 5.02 Å². The first kappa shape index (κ1) is 42.3. The molecule has 6 rings (SSSR count). The minimum atomic E-state index is -3.50. The van der Waals surface area contributed by atoms with Crippen molar-refractivity contribution < 1.29 is 32.2 Å². The summed E-state index contributed by atoms with van der Waals surface area (Å²) in [6, 6.07) is 20.6. The van der Waals surface area contributed by atoms with E-state index < -0.39 is 22.0 Å². The Morgan fingerprint density at radius 3 is 2.45 bits per heavy atom. The van der Waals surface area contributed by atoms with E-state index in [2.05, 4.69) is 41.5 Å². The highest BCUT2D eigenvalue weighted by Gasteiger charge is 2.28. The van der Waals surface area contributed by atoms with E-state index in [1.54, 1.807) is 43.5 Å². The van der Waals surface area contributed by atoms with Gasteiger partial charge in [0.2, 0.25) is 21.9 Å². The molecule has 2 fully saturated rings. The SMILES string of the molecule is COc1cc(N2CCC(NCCNCCCOc3ccc(OC4CCC(=O)NC4=O)cc3)CC2)ccc1Nc1ncc(Cl)c(Nc2ccccc2N(C)S(C)(=O)=O)n1. The van der Waals surface area contributed by atoms with Crippen molar-refractivity contribution in [2.24, 2.45) is 0 Å². The third-order valence-corrected chi connectivity index (χ3v) is 11.3. The van der Waals surface area contributed by atoms with Gasteiger partial charge in [0.25, 0.3) is 5.91 Å². The number of carbonyl (C=O) groups excluding carboxylic acids is 2. The van der Waals surface area contributed by atoms with Gasteiger partial charge >= 0.3 is 0 Å². The molecule has 1 aromatic heterocycles. The predicted octanol–water partition coefficient (Wildman–Crippen LogP) is 4.82. The maximum absolute atomic E-state index is 12.2. The van der Waals surface area contributed by atoms with Crippen LogP contribution in [0.1, 0.15) is 32.1 Å². The zero-order valence-electron chi connectivity index (χ0n) is 32.8. The molecule has 1 atom stereocenters. The first-order valence-corrected chi connectivity index (χ1v) is 21.4. The number of hydrogen-bond donors (Lipinski definition) is 5. The van der Waals surface area contributed by atoms with E-state index in [0.717, 1.165) is 69.7 Å². The number of piperidine rings is 2. The first-order chi connectivity index (χ1) is 28.0. The summed E-state index contributed by atoms with van der Waals surface area (Å²) in [7, 11) is -0.391. The smallest absolute Gasteiger partial charge is 0.267 e. The molecule has 310 valence electrons. The summed E-state index contributed by atoms with van der Waals surface area (Å²) in [6.45, 7) is 4.97. The molecule has 2 saturated heterocycles. The van der Waals surface area contributed by atoms with Crippen molar-refractivity contribution >= 4 is 68.0 Å². The number of para-hydroxylation sites is 2. The largest absolute Gasteiger partial charge is 0.494 e. The van der Waals surface area contributed by atoms with Gasteiger partial charge in [0.15, 0.2) is 11.9 Å². The molecule has 18 heteroatoms. The second-order valence-corrected chi connectivity index (χ2v) is 16.4.